The highest BCUT2D eigenvalue weighted by atomic mass is 32.1. The smallest absolute Gasteiger partial charge is 0.169 e. The van der Waals surface area contributed by atoms with Crippen LogP contribution in [0.25, 0.3) is 0 Å². The zero-order chi connectivity index (χ0) is 13.0. The molecule has 0 amide bonds. The summed E-state index contributed by atoms with van der Waals surface area (Å²) < 4.78 is 5.37. The van der Waals surface area contributed by atoms with Crippen molar-refractivity contribution < 1.29 is 4.42 Å². The summed E-state index contributed by atoms with van der Waals surface area (Å²) in [5.74, 6) is 1.03. The summed E-state index contributed by atoms with van der Waals surface area (Å²) in [5.41, 5.74) is 0. The molecule has 1 aromatic heterocycles. The van der Waals surface area contributed by atoms with Crippen LogP contribution in [-0.4, -0.2) is 47.1 Å². The number of thiocarbonyl (C=S) groups is 1. The molecule has 1 aromatic rings. The van der Waals surface area contributed by atoms with Crippen LogP contribution in [0.2, 0.25) is 0 Å². The standard InChI is InChI=1S/C13H21N3OS/c1-11(2)14-13(18)16-7-5-15(6-8-16)10-12-4-3-9-17-12/h3-4,9,11H,5-8,10H2,1-2H3,(H,14,18). The minimum atomic E-state index is 0.402. The first-order valence-corrected chi connectivity index (χ1v) is 6.86. The predicted octanol–water partition coefficient (Wildman–Crippen LogP) is 1.68. The Balaban J connectivity index is 1.76. The molecule has 1 saturated heterocycles. The molecular formula is C13H21N3OS. The molecule has 2 rings (SSSR count). The monoisotopic (exact) mass is 267 g/mol. The summed E-state index contributed by atoms with van der Waals surface area (Å²) in [6.45, 7) is 9.14. The molecule has 0 aromatic carbocycles. The third-order valence-corrected chi connectivity index (χ3v) is 3.41. The van der Waals surface area contributed by atoms with Crippen molar-refractivity contribution in [2.45, 2.75) is 26.4 Å². The first-order chi connectivity index (χ1) is 8.65. The van der Waals surface area contributed by atoms with Gasteiger partial charge < -0.3 is 14.6 Å². The predicted molar refractivity (Wildman–Crippen MR) is 76.4 cm³/mol. The third kappa shape index (κ3) is 3.71. The highest BCUT2D eigenvalue weighted by Gasteiger charge is 2.19. The van der Waals surface area contributed by atoms with Crippen LogP contribution in [0.4, 0.5) is 0 Å². The summed E-state index contributed by atoms with van der Waals surface area (Å²) in [6, 6.07) is 4.36. The zero-order valence-corrected chi connectivity index (χ0v) is 11.9. The minimum absolute atomic E-state index is 0.402. The van der Waals surface area contributed by atoms with Gasteiger partial charge in [0.1, 0.15) is 5.76 Å². The number of piperazine rings is 1. The van der Waals surface area contributed by atoms with Gasteiger partial charge in [-0.2, -0.15) is 0 Å². The van der Waals surface area contributed by atoms with Gasteiger partial charge in [-0.25, -0.2) is 0 Å². The van der Waals surface area contributed by atoms with E-state index >= 15 is 0 Å². The average molecular weight is 267 g/mol. The largest absolute Gasteiger partial charge is 0.468 e. The van der Waals surface area contributed by atoms with Crippen molar-refractivity contribution in [1.82, 2.24) is 15.1 Å². The normalized spacial score (nSPS) is 17.2. The zero-order valence-electron chi connectivity index (χ0n) is 11.1. The van der Waals surface area contributed by atoms with Crippen molar-refractivity contribution in [3.8, 4) is 0 Å². The van der Waals surface area contributed by atoms with E-state index in [0.717, 1.165) is 43.6 Å². The van der Waals surface area contributed by atoms with E-state index in [0.29, 0.717) is 6.04 Å². The van der Waals surface area contributed by atoms with Crippen LogP contribution in [0.3, 0.4) is 0 Å². The van der Waals surface area contributed by atoms with Crippen molar-refractivity contribution >= 4 is 17.3 Å². The second-order valence-corrected chi connectivity index (χ2v) is 5.33. The van der Waals surface area contributed by atoms with Gasteiger partial charge in [0, 0.05) is 32.2 Å². The van der Waals surface area contributed by atoms with E-state index < -0.39 is 0 Å². The second kappa shape index (κ2) is 6.20. The molecule has 1 fully saturated rings. The molecule has 0 spiro atoms. The molecular weight excluding hydrogens is 246 g/mol. The molecule has 2 heterocycles. The summed E-state index contributed by atoms with van der Waals surface area (Å²) in [5, 5.41) is 4.17. The molecule has 0 unspecified atom stereocenters. The van der Waals surface area contributed by atoms with Gasteiger partial charge >= 0.3 is 0 Å². The van der Waals surface area contributed by atoms with Crippen molar-refractivity contribution in [3.05, 3.63) is 24.2 Å². The Hall–Kier alpha value is -1.07. The van der Waals surface area contributed by atoms with Crippen LogP contribution in [-0.2, 0) is 6.54 Å². The Morgan fingerprint density at radius 2 is 2.11 bits per heavy atom. The first-order valence-electron chi connectivity index (χ1n) is 6.45. The summed E-state index contributed by atoms with van der Waals surface area (Å²) in [7, 11) is 0. The molecule has 5 heteroatoms. The number of hydrogen-bond acceptors (Lipinski definition) is 3. The van der Waals surface area contributed by atoms with Crippen LogP contribution in [0.5, 0.6) is 0 Å². The maximum atomic E-state index is 5.38. The fraction of sp³-hybridized carbons (Fsp3) is 0.615. The lowest BCUT2D eigenvalue weighted by molar-refractivity contribution is 0.164. The molecule has 0 aliphatic carbocycles. The van der Waals surface area contributed by atoms with Crippen LogP contribution in [0.15, 0.2) is 22.8 Å². The van der Waals surface area contributed by atoms with Crippen LogP contribution in [0, 0.1) is 0 Å². The minimum Gasteiger partial charge on any atom is -0.468 e. The molecule has 0 atom stereocenters. The lowest BCUT2D eigenvalue weighted by atomic mass is 10.3. The number of furan rings is 1. The molecule has 1 N–H and O–H groups in total. The van der Waals surface area contributed by atoms with E-state index in [1.807, 2.05) is 12.1 Å². The second-order valence-electron chi connectivity index (χ2n) is 4.95. The maximum absolute atomic E-state index is 5.38. The van der Waals surface area contributed by atoms with Gasteiger partial charge in [-0.05, 0) is 38.2 Å². The lowest BCUT2D eigenvalue weighted by Gasteiger charge is -2.36. The van der Waals surface area contributed by atoms with Gasteiger partial charge in [0.2, 0.25) is 0 Å². The van der Waals surface area contributed by atoms with Crippen LogP contribution < -0.4 is 5.32 Å². The first kappa shape index (κ1) is 13.4. The van der Waals surface area contributed by atoms with Crippen molar-refractivity contribution in [2.75, 3.05) is 26.2 Å². The average Bonchev–Trinajstić information content (AvgIpc) is 2.82. The van der Waals surface area contributed by atoms with Crippen molar-refractivity contribution in [1.29, 1.82) is 0 Å². The maximum Gasteiger partial charge on any atom is 0.169 e. The van der Waals surface area contributed by atoms with E-state index in [4.69, 9.17) is 16.6 Å². The number of nitrogens with one attached hydrogen (secondary N) is 1. The fourth-order valence-corrected chi connectivity index (χ4v) is 2.49. The summed E-state index contributed by atoms with van der Waals surface area (Å²) in [6.07, 6.45) is 1.73. The van der Waals surface area contributed by atoms with Crippen molar-refractivity contribution in [3.63, 3.8) is 0 Å². The highest BCUT2D eigenvalue weighted by Crippen LogP contribution is 2.09. The van der Waals surface area contributed by atoms with Gasteiger partial charge in [-0.15, -0.1) is 0 Å². The number of nitrogens with zero attached hydrogens (tertiary/aromatic N) is 2. The Morgan fingerprint density at radius 1 is 1.39 bits per heavy atom. The van der Waals surface area contributed by atoms with E-state index in [1.165, 1.54) is 0 Å². The number of rotatable bonds is 3. The molecule has 4 nitrogen and oxygen atoms in total. The van der Waals surface area contributed by atoms with E-state index in [1.54, 1.807) is 6.26 Å². The summed E-state index contributed by atoms with van der Waals surface area (Å²) >= 11 is 5.38. The van der Waals surface area contributed by atoms with Gasteiger partial charge in [-0.3, -0.25) is 4.90 Å². The Morgan fingerprint density at radius 3 is 2.67 bits per heavy atom. The topological polar surface area (TPSA) is 31.6 Å². The molecule has 1 aliphatic rings. The van der Waals surface area contributed by atoms with Gasteiger partial charge in [0.25, 0.3) is 0 Å². The van der Waals surface area contributed by atoms with Crippen LogP contribution in [0.1, 0.15) is 19.6 Å². The SMILES string of the molecule is CC(C)NC(=S)N1CCN(Cc2ccco2)CC1. The third-order valence-electron chi connectivity index (χ3n) is 3.03. The molecule has 18 heavy (non-hydrogen) atoms. The van der Waals surface area contributed by atoms with Gasteiger partial charge in [0.05, 0.1) is 12.8 Å². The molecule has 100 valence electrons. The Kier molecular flexibility index (Phi) is 4.60. The fourth-order valence-electron chi connectivity index (χ4n) is 2.07. The van der Waals surface area contributed by atoms with E-state index in [-0.39, 0.29) is 0 Å². The number of hydrogen-bond donors (Lipinski definition) is 1. The molecule has 0 bridgehead atoms. The van der Waals surface area contributed by atoms with Gasteiger partial charge in [0.15, 0.2) is 5.11 Å². The molecule has 0 saturated carbocycles. The van der Waals surface area contributed by atoms with Crippen molar-refractivity contribution in [2.24, 2.45) is 0 Å². The lowest BCUT2D eigenvalue weighted by Crippen LogP contribution is -2.52. The Bertz CT molecular complexity index is 370. The Labute approximate surface area is 114 Å². The quantitative estimate of drug-likeness (QED) is 0.842. The van der Waals surface area contributed by atoms with E-state index in [2.05, 4.69) is 29.0 Å². The molecule has 0 radical (unpaired) electrons. The highest BCUT2D eigenvalue weighted by molar-refractivity contribution is 7.80. The van der Waals surface area contributed by atoms with Gasteiger partial charge in [-0.1, -0.05) is 0 Å². The molecule has 1 aliphatic heterocycles. The van der Waals surface area contributed by atoms with E-state index in [9.17, 15) is 0 Å². The van der Waals surface area contributed by atoms with Crippen LogP contribution >= 0.6 is 12.2 Å². The summed E-state index contributed by atoms with van der Waals surface area (Å²) in [4.78, 5) is 4.64.